The van der Waals surface area contributed by atoms with E-state index in [4.69, 9.17) is 27.9 Å². The zero-order chi connectivity index (χ0) is 35.5. The SMILES string of the molecule is COc1ccc(O)c(C2C3=CCC4C(=O)N(c5ccc(Br)cc5)C(=O)C4C3CC3(Cl)C(=O)N(c4c(F)c(F)c(F)c(F)c4F)C(=O)C23Cl)c1. The number of anilines is 2. The van der Waals surface area contributed by atoms with E-state index in [0.717, 1.165) is 4.90 Å². The van der Waals surface area contributed by atoms with Crippen LogP contribution in [0.4, 0.5) is 33.3 Å². The Balaban J connectivity index is 1.45. The molecule has 0 aromatic heterocycles. The van der Waals surface area contributed by atoms with Gasteiger partial charge in [0.2, 0.25) is 17.6 Å². The number of carbonyl (C=O) groups is 4. The lowest BCUT2D eigenvalue weighted by molar-refractivity contribution is -0.125. The molecule has 4 aliphatic rings. The number of rotatable bonds is 4. The minimum Gasteiger partial charge on any atom is -0.508 e. The summed E-state index contributed by atoms with van der Waals surface area (Å²) in [6, 6.07) is 10.1. The van der Waals surface area contributed by atoms with E-state index in [9.17, 15) is 37.5 Å². The van der Waals surface area contributed by atoms with Gasteiger partial charge in [-0.1, -0.05) is 27.6 Å². The van der Waals surface area contributed by atoms with Crippen molar-refractivity contribution < 1.29 is 51.0 Å². The number of halogens is 8. The maximum Gasteiger partial charge on any atom is 0.258 e. The summed E-state index contributed by atoms with van der Waals surface area (Å²) < 4.78 is 79.2. The summed E-state index contributed by atoms with van der Waals surface area (Å²) in [5.74, 6) is -22.2. The highest BCUT2D eigenvalue weighted by molar-refractivity contribution is 9.10. The zero-order valence-electron chi connectivity index (χ0n) is 24.7. The van der Waals surface area contributed by atoms with Crippen LogP contribution in [0.1, 0.15) is 24.3 Å². The number of carbonyl (C=O) groups excluding carboxylic acids is 4. The van der Waals surface area contributed by atoms with Gasteiger partial charge < -0.3 is 9.84 Å². The first-order chi connectivity index (χ1) is 23.1. The molecule has 6 unspecified atom stereocenters. The molecular formula is C33H20BrCl2F5N2O6. The van der Waals surface area contributed by atoms with Gasteiger partial charge in [0.25, 0.3) is 11.8 Å². The summed E-state index contributed by atoms with van der Waals surface area (Å²) in [6.07, 6.45) is 0.808. The average molecular weight is 786 g/mol. The van der Waals surface area contributed by atoms with E-state index in [-0.39, 0.29) is 33.9 Å². The molecule has 2 heterocycles. The molecular weight excluding hydrogens is 766 g/mol. The molecule has 3 fully saturated rings. The van der Waals surface area contributed by atoms with Crippen LogP contribution in [0.3, 0.4) is 0 Å². The van der Waals surface area contributed by atoms with Crippen LogP contribution in [-0.2, 0) is 19.2 Å². The predicted molar refractivity (Wildman–Crippen MR) is 168 cm³/mol. The summed E-state index contributed by atoms with van der Waals surface area (Å²) in [5, 5.41) is 11.1. The van der Waals surface area contributed by atoms with Crippen molar-refractivity contribution in [1.82, 2.24) is 0 Å². The fourth-order valence-electron chi connectivity index (χ4n) is 7.65. The highest BCUT2D eigenvalue weighted by Crippen LogP contribution is 2.67. The minimum atomic E-state index is -2.78. The van der Waals surface area contributed by atoms with Gasteiger partial charge in [0.1, 0.15) is 17.2 Å². The monoisotopic (exact) mass is 784 g/mol. The molecule has 254 valence electrons. The third-order valence-electron chi connectivity index (χ3n) is 9.85. The highest BCUT2D eigenvalue weighted by Gasteiger charge is 2.77. The number of aromatic hydroxyl groups is 1. The lowest BCUT2D eigenvalue weighted by Gasteiger charge is -2.50. The third kappa shape index (κ3) is 4.32. The third-order valence-corrected chi connectivity index (χ3v) is 11.8. The molecule has 2 aliphatic carbocycles. The number of methoxy groups -OCH3 is 1. The molecule has 6 atom stereocenters. The van der Waals surface area contributed by atoms with Gasteiger partial charge in [-0.25, -0.2) is 26.9 Å². The Hall–Kier alpha value is -4.01. The van der Waals surface area contributed by atoms with Gasteiger partial charge in [-0.15, -0.1) is 23.2 Å². The topological polar surface area (TPSA) is 104 Å². The Kier molecular flexibility index (Phi) is 7.69. The van der Waals surface area contributed by atoms with Crippen molar-refractivity contribution in [3.05, 3.63) is 93.2 Å². The van der Waals surface area contributed by atoms with Gasteiger partial charge in [-0.2, -0.15) is 0 Å². The number of benzene rings is 3. The number of phenols is 1. The minimum absolute atomic E-state index is 0.0545. The number of alkyl halides is 2. The number of allylic oxidation sites excluding steroid dienone is 2. The molecule has 3 aromatic carbocycles. The number of hydrogen-bond acceptors (Lipinski definition) is 6. The first kappa shape index (κ1) is 33.5. The van der Waals surface area contributed by atoms with Crippen LogP contribution in [0.15, 0.2) is 58.6 Å². The Morgan fingerprint density at radius 3 is 2.06 bits per heavy atom. The number of amides is 4. The van der Waals surface area contributed by atoms with Crippen molar-refractivity contribution in [3.8, 4) is 11.5 Å². The molecule has 2 saturated heterocycles. The molecule has 0 bridgehead atoms. The molecule has 0 spiro atoms. The van der Waals surface area contributed by atoms with Crippen LogP contribution < -0.4 is 14.5 Å². The van der Waals surface area contributed by atoms with Crippen molar-refractivity contribution in [3.63, 3.8) is 0 Å². The lowest BCUT2D eigenvalue weighted by atomic mass is 9.56. The van der Waals surface area contributed by atoms with Crippen molar-refractivity contribution in [1.29, 1.82) is 0 Å². The first-order valence-electron chi connectivity index (χ1n) is 14.6. The number of phenolic OH excluding ortho intramolecular Hbond substituents is 1. The number of ether oxygens (including phenoxy) is 1. The summed E-state index contributed by atoms with van der Waals surface area (Å²) >= 11 is 17.5. The maximum atomic E-state index is 15.2. The number of nitrogens with zero attached hydrogens (tertiary/aromatic N) is 2. The van der Waals surface area contributed by atoms with E-state index in [1.54, 1.807) is 12.1 Å². The van der Waals surface area contributed by atoms with Crippen LogP contribution in [-0.4, -0.2) is 45.6 Å². The summed E-state index contributed by atoms with van der Waals surface area (Å²) in [6.45, 7) is 0. The van der Waals surface area contributed by atoms with Crippen LogP contribution in [0.25, 0.3) is 0 Å². The van der Waals surface area contributed by atoms with Crippen LogP contribution in [0, 0.1) is 46.8 Å². The van der Waals surface area contributed by atoms with Crippen LogP contribution in [0.5, 0.6) is 11.5 Å². The predicted octanol–water partition coefficient (Wildman–Crippen LogP) is 6.63. The van der Waals surface area contributed by atoms with Gasteiger partial charge in [0.15, 0.2) is 33.0 Å². The Morgan fingerprint density at radius 2 is 1.45 bits per heavy atom. The Bertz CT molecular complexity index is 2040. The molecule has 16 heteroatoms. The van der Waals surface area contributed by atoms with E-state index in [1.807, 2.05) is 0 Å². The lowest BCUT2D eigenvalue weighted by Crippen LogP contribution is -2.60. The van der Waals surface area contributed by atoms with Gasteiger partial charge in [-0.3, -0.25) is 24.1 Å². The summed E-state index contributed by atoms with van der Waals surface area (Å²) in [5.41, 5.74) is -1.60. The molecule has 4 amide bonds. The molecule has 8 nitrogen and oxygen atoms in total. The van der Waals surface area contributed by atoms with Crippen molar-refractivity contribution in [2.24, 2.45) is 17.8 Å². The molecule has 7 rings (SSSR count). The van der Waals surface area contributed by atoms with E-state index in [1.165, 1.54) is 43.5 Å². The second-order valence-electron chi connectivity index (χ2n) is 12.1. The second kappa shape index (κ2) is 11.3. The van der Waals surface area contributed by atoms with Gasteiger partial charge in [-0.05, 0) is 61.2 Å². The van der Waals surface area contributed by atoms with Crippen molar-refractivity contribution in [2.75, 3.05) is 16.9 Å². The van der Waals surface area contributed by atoms with Gasteiger partial charge in [0.05, 0.1) is 24.6 Å². The Morgan fingerprint density at radius 1 is 0.837 bits per heavy atom. The fraction of sp³-hybridized carbons (Fsp3) is 0.273. The zero-order valence-corrected chi connectivity index (χ0v) is 27.8. The molecule has 1 N–H and O–H groups in total. The molecule has 0 radical (unpaired) electrons. The molecule has 2 aliphatic heterocycles. The Labute approximate surface area is 292 Å². The van der Waals surface area contributed by atoms with Crippen molar-refractivity contribution >= 4 is 74.1 Å². The quantitative estimate of drug-likeness (QED) is 0.0797. The van der Waals surface area contributed by atoms with Crippen LogP contribution in [0.2, 0.25) is 0 Å². The largest absolute Gasteiger partial charge is 0.508 e. The van der Waals surface area contributed by atoms with E-state index >= 15 is 8.78 Å². The van der Waals surface area contributed by atoms with E-state index < -0.39 is 104 Å². The highest BCUT2D eigenvalue weighted by atomic mass is 79.9. The number of hydrogen-bond donors (Lipinski definition) is 1. The standard InChI is InChI=1S/C33H20BrCl2F5N2O6/c1-49-14-6-9-19(44)17(10-14)21-15-7-8-16-20(29(46)42(28(16)45)13-4-2-12(34)3-5-13)18(15)11-32(35)30(47)43(31(48)33(21,32)36)27-25(40)23(38)22(37)24(39)26(27)41/h2-7,9-10,16,18,20-21,44H,8,11H2,1H3. The van der Waals surface area contributed by atoms with Crippen LogP contribution >= 0.6 is 39.1 Å². The van der Waals surface area contributed by atoms with Crippen molar-refractivity contribution in [2.45, 2.75) is 28.5 Å². The molecule has 49 heavy (non-hydrogen) atoms. The average Bonchev–Trinajstić information content (AvgIpc) is 3.42. The molecule has 3 aromatic rings. The fourth-order valence-corrected chi connectivity index (χ4v) is 8.84. The normalized spacial score (nSPS) is 29.2. The van der Waals surface area contributed by atoms with E-state index in [2.05, 4.69) is 15.9 Å². The summed E-state index contributed by atoms with van der Waals surface area (Å²) in [4.78, 5) is 51.7. The number of imide groups is 2. The first-order valence-corrected chi connectivity index (χ1v) is 16.1. The number of fused-ring (bicyclic) bond motifs is 4. The summed E-state index contributed by atoms with van der Waals surface area (Å²) in [7, 11) is 1.29. The van der Waals surface area contributed by atoms with Gasteiger partial charge >= 0.3 is 0 Å². The molecule has 1 saturated carbocycles. The second-order valence-corrected chi connectivity index (χ2v) is 14.3. The van der Waals surface area contributed by atoms with E-state index in [0.29, 0.717) is 4.47 Å². The smallest absolute Gasteiger partial charge is 0.258 e. The maximum absolute atomic E-state index is 15.2. The van der Waals surface area contributed by atoms with Gasteiger partial charge in [0, 0.05) is 16.0 Å².